The molecule has 0 spiro atoms. The Morgan fingerprint density at radius 1 is 1.24 bits per heavy atom. The van der Waals surface area contributed by atoms with Crippen molar-refractivity contribution >= 4 is 19.7 Å². The lowest BCUT2D eigenvalue weighted by atomic mass is 10.1. The monoisotopic (exact) mass is 278 g/mol. The minimum atomic E-state index is -3.81. The molecule has 0 fully saturated rings. The van der Waals surface area contributed by atoms with Crippen molar-refractivity contribution < 1.29 is 17.9 Å². The van der Waals surface area contributed by atoms with Crippen LogP contribution in [0, 0.1) is 13.8 Å². The highest BCUT2D eigenvalue weighted by Crippen LogP contribution is 2.31. The maximum absolute atomic E-state index is 11.4. The van der Waals surface area contributed by atoms with Crippen LogP contribution in [0.4, 0.5) is 0 Å². The van der Waals surface area contributed by atoms with Gasteiger partial charge in [-0.05, 0) is 31.0 Å². The Hall–Kier alpha value is -0.780. The Morgan fingerprint density at radius 2 is 1.88 bits per heavy atom. The van der Waals surface area contributed by atoms with Crippen LogP contribution in [0.25, 0.3) is 0 Å². The number of rotatable bonds is 5. The Labute approximate surface area is 106 Å². The SMILES string of the molecule is COCCOc1c(C)cc(C)cc1S(=O)(=O)Cl. The second-order valence-electron chi connectivity index (χ2n) is 3.69. The summed E-state index contributed by atoms with van der Waals surface area (Å²) < 4.78 is 33.1. The molecule has 4 nitrogen and oxygen atoms in total. The lowest BCUT2D eigenvalue weighted by molar-refractivity contribution is 0.144. The fourth-order valence-corrected chi connectivity index (χ4v) is 2.62. The van der Waals surface area contributed by atoms with Crippen molar-refractivity contribution in [3.05, 3.63) is 23.3 Å². The molecule has 96 valence electrons. The molecule has 1 aromatic rings. The van der Waals surface area contributed by atoms with Crippen LogP contribution in [-0.2, 0) is 13.8 Å². The number of hydrogen-bond donors (Lipinski definition) is 0. The zero-order valence-corrected chi connectivity index (χ0v) is 11.6. The van der Waals surface area contributed by atoms with E-state index < -0.39 is 9.05 Å². The molecular formula is C11H15ClO4S. The molecule has 0 bridgehead atoms. The average Bonchev–Trinajstić information content (AvgIpc) is 2.19. The van der Waals surface area contributed by atoms with Crippen LogP contribution in [-0.4, -0.2) is 28.7 Å². The van der Waals surface area contributed by atoms with E-state index in [-0.39, 0.29) is 11.5 Å². The van der Waals surface area contributed by atoms with Crippen LogP contribution in [0.15, 0.2) is 17.0 Å². The molecule has 0 unspecified atom stereocenters. The first-order valence-electron chi connectivity index (χ1n) is 5.04. The first-order chi connectivity index (χ1) is 7.86. The first kappa shape index (κ1) is 14.3. The maximum Gasteiger partial charge on any atom is 0.265 e. The van der Waals surface area contributed by atoms with Crippen molar-refractivity contribution in [2.24, 2.45) is 0 Å². The molecule has 0 aromatic heterocycles. The molecule has 0 amide bonds. The quantitative estimate of drug-likeness (QED) is 0.612. The van der Waals surface area contributed by atoms with E-state index in [0.717, 1.165) is 11.1 Å². The number of ether oxygens (including phenoxy) is 2. The molecule has 6 heteroatoms. The van der Waals surface area contributed by atoms with Crippen molar-refractivity contribution in [3.8, 4) is 5.75 Å². The summed E-state index contributed by atoms with van der Waals surface area (Å²) in [7, 11) is 3.12. The van der Waals surface area contributed by atoms with E-state index in [9.17, 15) is 8.42 Å². The smallest absolute Gasteiger partial charge is 0.265 e. The summed E-state index contributed by atoms with van der Waals surface area (Å²) in [4.78, 5) is 0.00719. The van der Waals surface area contributed by atoms with E-state index >= 15 is 0 Å². The molecule has 0 saturated carbocycles. The van der Waals surface area contributed by atoms with E-state index in [1.807, 2.05) is 6.07 Å². The molecule has 17 heavy (non-hydrogen) atoms. The van der Waals surface area contributed by atoms with Gasteiger partial charge in [0.15, 0.2) is 0 Å². The average molecular weight is 279 g/mol. The van der Waals surface area contributed by atoms with Gasteiger partial charge in [0.2, 0.25) is 0 Å². The molecular weight excluding hydrogens is 264 g/mol. The number of benzene rings is 1. The van der Waals surface area contributed by atoms with E-state index in [0.29, 0.717) is 12.4 Å². The maximum atomic E-state index is 11.4. The molecule has 0 saturated heterocycles. The molecule has 0 radical (unpaired) electrons. The predicted molar refractivity (Wildman–Crippen MR) is 66.3 cm³/mol. The van der Waals surface area contributed by atoms with Gasteiger partial charge < -0.3 is 9.47 Å². The van der Waals surface area contributed by atoms with Gasteiger partial charge >= 0.3 is 0 Å². The summed E-state index contributed by atoms with van der Waals surface area (Å²) in [5, 5.41) is 0. The van der Waals surface area contributed by atoms with Crippen molar-refractivity contribution in [1.29, 1.82) is 0 Å². The Kier molecular flexibility index (Phi) is 4.80. The van der Waals surface area contributed by atoms with Crippen LogP contribution in [0.2, 0.25) is 0 Å². The van der Waals surface area contributed by atoms with Crippen LogP contribution in [0.3, 0.4) is 0 Å². The van der Waals surface area contributed by atoms with Gasteiger partial charge in [-0.3, -0.25) is 0 Å². The number of halogens is 1. The van der Waals surface area contributed by atoms with Crippen molar-refractivity contribution in [3.63, 3.8) is 0 Å². The summed E-state index contributed by atoms with van der Waals surface area (Å²) in [5.41, 5.74) is 1.56. The second-order valence-corrected chi connectivity index (χ2v) is 6.22. The summed E-state index contributed by atoms with van der Waals surface area (Å²) in [6.07, 6.45) is 0. The molecule has 0 heterocycles. The largest absolute Gasteiger partial charge is 0.489 e. The van der Waals surface area contributed by atoms with Gasteiger partial charge in [0.05, 0.1) is 6.61 Å². The van der Waals surface area contributed by atoms with Gasteiger partial charge in [-0.15, -0.1) is 0 Å². The van der Waals surface area contributed by atoms with Gasteiger partial charge in [0.1, 0.15) is 17.3 Å². The van der Waals surface area contributed by atoms with Gasteiger partial charge in [-0.25, -0.2) is 8.42 Å². The fourth-order valence-electron chi connectivity index (χ4n) is 1.51. The summed E-state index contributed by atoms with van der Waals surface area (Å²) in [6, 6.07) is 3.34. The van der Waals surface area contributed by atoms with E-state index in [4.69, 9.17) is 20.2 Å². The van der Waals surface area contributed by atoms with Crippen LogP contribution in [0.5, 0.6) is 5.75 Å². The summed E-state index contributed by atoms with van der Waals surface area (Å²) >= 11 is 0. The number of methoxy groups -OCH3 is 1. The third kappa shape index (κ3) is 3.87. The molecule has 1 aromatic carbocycles. The van der Waals surface area contributed by atoms with Gasteiger partial charge in [-0.2, -0.15) is 0 Å². The Balaban J connectivity index is 3.17. The van der Waals surface area contributed by atoms with E-state index in [2.05, 4.69) is 0 Å². The number of hydrogen-bond acceptors (Lipinski definition) is 4. The van der Waals surface area contributed by atoms with Gasteiger partial charge in [-0.1, -0.05) is 6.07 Å². The summed E-state index contributed by atoms with van der Waals surface area (Å²) in [5.74, 6) is 0.294. The molecule has 0 atom stereocenters. The molecule has 0 N–H and O–H groups in total. The van der Waals surface area contributed by atoms with Crippen molar-refractivity contribution in [2.75, 3.05) is 20.3 Å². The highest BCUT2D eigenvalue weighted by molar-refractivity contribution is 8.13. The van der Waals surface area contributed by atoms with Crippen LogP contribution in [0.1, 0.15) is 11.1 Å². The third-order valence-electron chi connectivity index (χ3n) is 2.18. The standard InChI is InChI=1S/C11H15ClO4S/c1-8-6-9(2)11(16-5-4-15-3)10(7-8)17(12,13)14/h6-7H,4-5H2,1-3H3. The first-order valence-corrected chi connectivity index (χ1v) is 7.35. The normalized spacial score (nSPS) is 11.5. The van der Waals surface area contributed by atoms with Crippen molar-refractivity contribution in [1.82, 2.24) is 0 Å². The molecule has 1 rings (SSSR count). The van der Waals surface area contributed by atoms with Crippen LogP contribution < -0.4 is 4.74 Å². The Morgan fingerprint density at radius 3 is 2.41 bits per heavy atom. The highest BCUT2D eigenvalue weighted by Gasteiger charge is 2.19. The van der Waals surface area contributed by atoms with E-state index in [1.165, 1.54) is 6.07 Å². The highest BCUT2D eigenvalue weighted by atomic mass is 35.7. The fraction of sp³-hybridized carbons (Fsp3) is 0.455. The summed E-state index contributed by atoms with van der Waals surface area (Å²) in [6.45, 7) is 4.24. The third-order valence-corrected chi connectivity index (χ3v) is 3.51. The number of aryl methyl sites for hydroxylation is 2. The predicted octanol–water partition coefficient (Wildman–Crippen LogP) is 2.26. The zero-order chi connectivity index (χ0) is 13.1. The van der Waals surface area contributed by atoms with Gasteiger partial charge in [0, 0.05) is 17.8 Å². The molecule has 0 aliphatic carbocycles. The van der Waals surface area contributed by atoms with E-state index in [1.54, 1.807) is 21.0 Å². The zero-order valence-electron chi connectivity index (χ0n) is 9.99. The topological polar surface area (TPSA) is 52.6 Å². The minimum Gasteiger partial charge on any atom is -0.489 e. The lowest BCUT2D eigenvalue weighted by Gasteiger charge is -2.13. The Bertz CT molecular complexity index is 496. The van der Waals surface area contributed by atoms with Crippen LogP contribution >= 0.6 is 10.7 Å². The lowest BCUT2D eigenvalue weighted by Crippen LogP contribution is -2.08. The minimum absolute atomic E-state index is 0.00719. The molecule has 0 aliphatic rings. The van der Waals surface area contributed by atoms with Gasteiger partial charge in [0.25, 0.3) is 9.05 Å². The second kappa shape index (κ2) is 5.71. The molecule has 0 aliphatic heterocycles. The van der Waals surface area contributed by atoms with Crippen molar-refractivity contribution in [2.45, 2.75) is 18.7 Å².